The fourth-order valence-electron chi connectivity index (χ4n) is 1.33. The van der Waals surface area contributed by atoms with E-state index in [1.165, 1.54) is 13.0 Å². The average molecular weight is 254 g/mol. The first-order valence-electron chi connectivity index (χ1n) is 4.74. The van der Waals surface area contributed by atoms with E-state index in [0.717, 1.165) is 13.2 Å². The Bertz CT molecular complexity index is 525. The number of esters is 1. The van der Waals surface area contributed by atoms with Crippen molar-refractivity contribution in [2.24, 2.45) is 0 Å². The Morgan fingerprint density at radius 1 is 1.44 bits per heavy atom. The molecule has 2 N–H and O–H groups in total. The minimum absolute atomic E-state index is 0.151. The van der Waals surface area contributed by atoms with Gasteiger partial charge in [0.1, 0.15) is 5.56 Å². The summed E-state index contributed by atoms with van der Waals surface area (Å²) >= 11 is 0. The topological polar surface area (TPSA) is 119 Å². The molecule has 1 aromatic carbocycles. The number of anilines is 1. The smallest absolute Gasteiger partial charge is 0.345 e. The maximum Gasteiger partial charge on any atom is 0.345 e. The third-order valence-electron chi connectivity index (χ3n) is 2.05. The van der Waals surface area contributed by atoms with E-state index in [9.17, 15) is 24.8 Å². The molecule has 8 heteroatoms. The number of hydrogen-bond acceptors (Lipinski definition) is 6. The van der Waals surface area contributed by atoms with Crippen molar-refractivity contribution in [1.29, 1.82) is 0 Å². The first-order valence-corrected chi connectivity index (χ1v) is 4.74. The lowest BCUT2D eigenvalue weighted by Crippen LogP contribution is -2.10. The van der Waals surface area contributed by atoms with Crippen LogP contribution in [-0.4, -0.2) is 29.0 Å². The molecule has 0 saturated carbocycles. The van der Waals surface area contributed by atoms with Crippen molar-refractivity contribution in [3.63, 3.8) is 0 Å². The van der Waals surface area contributed by atoms with Gasteiger partial charge in [0.15, 0.2) is 0 Å². The highest BCUT2D eigenvalue weighted by Crippen LogP contribution is 2.37. The van der Waals surface area contributed by atoms with E-state index in [-0.39, 0.29) is 5.69 Å². The van der Waals surface area contributed by atoms with Gasteiger partial charge in [-0.15, -0.1) is 0 Å². The molecule has 0 aliphatic heterocycles. The fraction of sp³-hybridized carbons (Fsp3) is 0.200. The SMILES string of the molecule is COC(=O)c1ccc(NC(C)=O)c(O)c1[N+](=O)[O-]. The number of phenols is 1. The highest BCUT2D eigenvalue weighted by Gasteiger charge is 2.28. The van der Waals surface area contributed by atoms with Gasteiger partial charge in [0.25, 0.3) is 0 Å². The number of nitrogens with zero attached hydrogens (tertiary/aromatic N) is 1. The lowest BCUT2D eigenvalue weighted by molar-refractivity contribution is -0.386. The molecule has 96 valence electrons. The summed E-state index contributed by atoms with van der Waals surface area (Å²) < 4.78 is 4.36. The average Bonchev–Trinajstić information content (AvgIpc) is 2.29. The molecule has 0 aliphatic rings. The Morgan fingerprint density at radius 2 is 2.06 bits per heavy atom. The lowest BCUT2D eigenvalue weighted by atomic mass is 10.1. The van der Waals surface area contributed by atoms with E-state index in [1.807, 2.05) is 0 Å². The van der Waals surface area contributed by atoms with Crippen molar-refractivity contribution in [3.8, 4) is 5.75 Å². The number of carbonyl (C=O) groups excluding carboxylic acids is 2. The molecule has 0 radical (unpaired) electrons. The van der Waals surface area contributed by atoms with E-state index in [1.54, 1.807) is 0 Å². The first-order chi connectivity index (χ1) is 8.38. The van der Waals surface area contributed by atoms with Gasteiger partial charge in [-0.3, -0.25) is 14.9 Å². The van der Waals surface area contributed by atoms with Gasteiger partial charge in [-0.25, -0.2) is 4.79 Å². The lowest BCUT2D eigenvalue weighted by Gasteiger charge is -2.08. The Kier molecular flexibility index (Phi) is 3.82. The molecule has 0 heterocycles. The molecule has 8 nitrogen and oxygen atoms in total. The normalized spacial score (nSPS) is 9.67. The zero-order valence-corrected chi connectivity index (χ0v) is 9.59. The number of ether oxygens (including phenoxy) is 1. The summed E-state index contributed by atoms with van der Waals surface area (Å²) in [4.78, 5) is 32.0. The van der Waals surface area contributed by atoms with E-state index in [4.69, 9.17) is 0 Å². The minimum Gasteiger partial charge on any atom is -0.501 e. The monoisotopic (exact) mass is 254 g/mol. The first kappa shape index (κ1) is 13.4. The van der Waals surface area contributed by atoms with Gasteiger partial charge in [-0.1, -0.05) is 0 Å². The number of nitrogens with one attached hydrogen (secondary N) is 1. The molecule has 0 bridgehead atoms. The number of nitro groups is 1. The van der Waals surface area contributed by atoms with Crippen molar-refractivity contribution < 1.29 is 24.4 Å². The Balaban J connectivity index is 3.42. The quantitative estimate of drug-likeness (QED) is 0.360. The van der Waals surface area contributed by atoms with Crippen molar-refractivity contribution in [2.75, 3.05) is 12.4 Å². The van der Waals surface area contributed by atoms with Crippen LogP contribution in [0, 0.1) is 10.1 Å². The van der Waals surface area contributed by atoms with Crippen molar-refractivity contribution in [2.45, 2.75) is 6.92 Å². The Morgan fingerprint density at radius 3 is 2.50 bits per heavy atom. The van der Waals surface area contributed by atoms with E-state index in [2.05, 4.69) is 10.1 Å². The molecular weight excluding hydrogens is 244 g/mol. The number of nitro benzene ring substituents is 1. The highest BCUT2D eigenvalue weighted by molar-refractivity contribution is 5.98. The molecule has 0 aromatic heterocycles. The van der Waals surface area contributed by atoms with E-state index >= 15 is 0 Å². The summed E-state index contributed by atoms with van der Waals surface area (Å²) in [6.07, 6.45) is 0. The molecule has 1 aromatic rings. The van der Waals surface area contributed by atoms with Gasteiger partial charge in [0.2, 0.25) is 11.7 Å². The van der Waals surface area contributed by atoms with Crippen LogP contribution >= 0.6 is 0 Å². The third-order valence-corrected chi connectivity index (χ3v) is 2.05. The predicted octanol–water partition coefficient (Wildman–Crippen LogP) is 1.05. The van der Waals surface area contributed by atoms with Crippen LogP contribution in [0.3, 0.4) is 0 Å². The number of phenolic OH excluding ortho intramolecular Hbond substituents is 1. The van der Waals surface area contributed by atoms with Gasteiger partial charge in [-0.2, -0.15) is 0 Å². The standard InChI is InChI=1S/C10H10N2O6/c1-5(13)11-7-4-3-6(10(15)18-2)8(9(7)14)12(16)17/h3-4,14H,1-2H3,(H,11,13). The summed E-state index contributed by atoms with van der Waals surface area (Å²) in [5.74, 6) is -2.25. The molecule has 1 rings (SSSR count). The van der Waals surface area contributed by atoms with Crippen LogP contribution in [-0.2, 0) is 9.53 Å². The molecule has 0 spiro atoms. The fourth-order valence-corrected chi connectivity index (χ4v) is 1.33. The second-order valence-corrected chi connectivity index (χ2v) is 3.29. The van der Waals surface area contributed by atoms with Gasteiger partial charge in [0.05, 0.1) is 17.7 Å². The van der Waals surface area contributed by atoms with Gasteiger partial charge in [0, 0.05) is 6.92 Å². The summed E-state index contributed by atoms with van der Waals surface area (Å²) in [6, 6.07) is 2.27. The number of amides is 1. The molecule has 18 heavy (non-hydrogen) atoms. The summed E-state index contributed by atoms with van der Waals surface area (Å²) in [5.41, 5.74) is -1.36. The number of aromatic hydroxyl groups is 1. The third kappa shape index (κ3) is 2.54. The predicted molar refractivity (Wildman–Crippen MR) is 60.4 cm³/mol. The molecule has 0 fully saturated rings. The number of benzene rings is 1. The molecule has 1 amide bonds. The van der Waals surface area contributed by atoms with Gasteiger partial charge < -0.3 is 15.2 Å². The van der Waals surface area contributed by atoms with Crippen LogP contribution in [0.5, 0.6) is 5.75 Å². The molecule has 0 aliphatic carbocycles. The van der Waals surface area contributed by atoms with Gasteiger partial charge >= 0.3 is 11.7 Å². The maximum atomic E-state index is 11.3. The largest absolute Gasteiger partial charge is 0.501 e. The van der Waals surface area contributed by atoms with Crippen LogP contribution in [0.15, 0.2) is 12.1 Å². The molecule has 0 saturated heterocycles. The van der Waals surface area contributed by atoms with Crippen LogP contribution in [0.2, 0.25) is 0 Å². The van der Waals surface area contributed by atoms with Crippen LogP contribution in [0.1, 0.15) is 17.3 Å². The Labute approximate surface area is 101 Å². The minimum atomic E-state index is -0.952. The second kappa shape index (κ2) is 5.13. The van der Waals surface area contributed by atoms with Crippen LogP contribution in [0.4, 0.5) is 11.4 Å². The van der Waals surface area contributed by atoms with Crippen molar-refractivity contribution in [1.82, 2.24) is 0 Å². The number of rotatable bonds is 3. The molecule has 0 unspecified atom stereocenters. The number of carbonyl (C=O) groups is 2. The number of methoxy groups -OCH3 is 1. The zero-order chi connectivity index (χ0) is 13.9. The summed E-state index contributed by atoms with van der Waals surface area (Å²) in [5, 5.41) is 22.7. The van der Waals surface area contributed by atoms with Crippen molar-refractivity contribution >= 4 is 23.3 Å². The maximum absolute atomic E-state index is 11.3. The Hall–Kier alpha value is -2.64. The van der Waals surface area contributed by atoms with E-state index in [0.29, 0.717) is 0 Å². The zero-order valence-electron chi connectivity index (χ0n) is 9.59. The molecular formula is C10H10N2O6. The molecule has 0 atom stereocenters. The van der Waals surface area contributed by atoms with Crippen molar-refractivity contribution in [3.05, 3.63) is 27.8 Å². The summed E-state index contributed by atoms with van der Waals surface area (Å²) in [7, 11) is 1.06. The van der Waals surface area contributed by atoms with Gasteiger partial charge in [-0.05, 0) is 12.1 Å². The van der Waals surface area contributed by atoms with Crippen LogP contribution in [0.25, 0.3) is 0 Å². The van der Waals surface area contributed by atoms with Crippen LogP contribution < -0.4 is 5.32 Å². The second-order valence-electron chi connectivity index (χ2n) is 3.29. The van der Waals surface area contributed by atoms with E-state index < -0.39 is 33.8 Å². The number of hydrogen-bond donors (Lipinski definition) is 2. The highest BCUT2D eigenvalue weighted by atomic mass is 16.6. The summed E-state index contributed by atoms with van der Waals surface area (Å²) in [6.45, 7) is 1.18.